The van der Waals surface area contributed by atoms with E-state index in [2.05, 4.69) is 0 Å². The quantitative estimate of drug-likeness (QED) is 0.138. The van der Waals surface area contributed by atoms with Crippen LogP contribution in [-0.4, -0.2) is 146 Å². The number of hydrogen-bond donors (Lipinski definition) is 6. The fraction of sp³-hybridized carbons (Fsp3) is 0.750. The standard InChI is InChI=1S/6C4H6O3.Sr.Ti/c6*5-3(6)4(7)1-2-4;;/h6*7H,1-2H2,(H,5,6);;/q;;;;;;+2;+4/p-6. The van der Waals surface area contributed by atoms with Crippen LogP contribution in [0.5, 0.6) is 0 Å². The van der Waals surface area contributed by atoms with Gasteiger partial charge in [-0.05, 0) is 77.0 Å². The normalized spacial score (nSPS) is 23.0. The summed E-state index contributed by atoms with van der Waals surface area (Å²) in [6.07, 6.45) is 4.28. The van der Waals surface area contributed by atoms with Crippen molar-refractivity contribution in [1.29, 1.82) is 0 Å². The van der Waals surface area contributed by atoms with E-state index in [1.54, 1.807) is 0 Å². The van der Waals surface area contributed by atoms with Crippen molar-refractivity contribution in [2.45, 2.75) is 111 Å². The molecule has 6 aliphatic rings. The van der Waals surface area contributed by atoms with E-state index in [1.165, 1.54) is 0 Å². The molecule has 0 aliphatic heterocycles. The molecule has 0 radical (unpaired) electrons. The van der Waals surface area contributed by atoms with E-state index in [0.717, 1.165) is 0 Å². The van der Waals surface area contributed by atoms with Crippen molar-refractivity contribution in [2.24, 2.45) is 0 Å². The smallest absolute Gasteiger partial charge is 0.547 e. The van der Waals surface area contributed by atoms with Gasteiger partial charge in [0.05, 0.1) is 35.8 Å². The van der Waals surface area contributed by atoms with Gasteiger partial charge >= 0.3 is 67.2 Å². The molecule has 0 aromatic rings. The number of aliphatic carboxylic acids is 6. The van der Waals surface area contributed by atoms with E-state index in [9.17, 15) is 59.4 Å². The molecule has 6 fully saturated rings. The molecule has 6 rings (SSSR count). The Morgan fingerprint density at radius 1 is 0.318 bits per heavy atom. The van der Waals surface area contributed by atoms with Crippen LogP contribution >= 0.6 is 0 Å². The van der Waals surface area contributed by atoms with Crippen molar-refractivity contribution in [3.05, 3.63) is 0 Å². The summed E-state index contributed by atoms with van der Waals surface area (Å²) in [7, 11) is 0. The number of carboxylic acids is 6. The molecule has 44 heavy (non-hydrogen) atoms. The predicted octanol–water partition coefficient (Wildman–Crippen LogP) is -10.8. The molecule has 0 bridgehead atoms. The molecule has 0 unspecified atom stereocenters. The number of carboxylic acid groups (broad SMARTS) is 6. The molecule has 6 saturated carbocycles. The topological polar surface area (TPSA) is 362 Å². The number of rotatable bonds is 6. The minimum Gasteiger partial charge on any atom is -0.547 e. The minimum atomic E-state index is -1.44. The second kappa shape index (κ2) is 16.6. The maximum absolute atomic E-state index is 9.72. The molecule has 0 atom stereocenters. The molecular formula is C24H30O18SrTi. The van der Waals surface area contributed by atoms with Gasteiger partial charge in [-0.2, -0.15) is 0 Å². The first-order valence-corrected chi connectivity index (χ1v) is 12.5. The van der Waals surface area contributed by atoms with Gasteiger partial charge in [0.15, 0.2) is 0 Å². The number of carbonyl (C=O) groups excluding carboxylic acids is 6. The maximum atomic E-state index is 9.72. The first-order chi connectivity index (χ1) is 18.9. The van der Waals surface area contributed by atoms with Crippen LogP contribution in [0.25, 0.3) is 0 Å². The largest absolute Gasteiger partial charge is 4.00 e. The van der Waals surface area contributed by atoms with Gasteiger partial charge in [0, 0.05) is 0 Å². The van der Waals surface area contributed by atoms with Crippen molar-refractivity contribution in [1.82, 2.24) is 0 Å². The zero-order valence-electron chi connectivity index (χ0n) is 23.3. The van der Waals surface area contributed by atoms with Crippen LogP contribution in [0.15, 0.2) is 0 Å². The van der Waals surface area contributed by atoms with Gasteiger partial charge in [-0.15, -0.1) is 0 Å². The summed E-state index contributed by atoms with van der Waals surface area (Å²) in [5, 5.41) is 110. The molecule has 240 valence electrons. The molecule has 0 aromatic carbocycles. The fourth-order valence-corrected chi connectivity index (χ4v) is 1.94. The van der Waals surface area contributed by atoms with Gasteiger partial charge in [-0.1, -0.05) is 0 Å². The van der Waals surface area contributed by atoms with E-state index < -0.39 is 69.4 Å². The second-order valence-corrected chi connectivity index (χ2v) is 10.9. The Balaban J connectivity index is 0. The summed E-state index contributed by atoms with van der Waals surface area (Å²) in [6, 6.07) is 0. The third-order valence-electron chi connectivity index (χ3n) is 6.62. The van der Waals surface area contributed by atoms with Crippen LogP contribution in [-0.2, 0) is 50.5 Å². The third-order valence-corrected chi connectivity index (χ3v) is 6.62. The van der Waals surface area contributed by atoms with Gasteiger partial charge in [0.25, 0.3) is 0 Å². The van der Waals surface area contributed by atoms with Crippen molar-refractivity contribution in [2.75, 3.05) is 0 Å². The number of aliphatic hydroxyl groups is 6. The summed E-state index contributed by atoms with van der Waals surface area (Å²) >= 11 is 0. The molecule has 0 amide bonds. The number of hydrogen-bond acceptors (Lipinski definition) is 18. The summed E-state index contributed by atoms with van der Waals surface area (Å²) < 4.78 is 0. The van der Waals surface area contributed by atoms with Crippen LogP contribution in [0, 0.1) is 0 Å². The summed E-state index contributed by atoms with van der Waals surface area (Å²) in [6.45, 7) is 0. The van der Waals surface area contributed by atoms with Crippen LogP contribution in [0.2, 0.25) is 0 Å². The van der Waals surface area contributed by atoms with Crippen LogP contribution in [0.4, 0.5) is 0 Å². The minimum absolute atomic E-state index is 0. The van der Waals surface area contributed by atoms with Crippen LogP contribution < -0.4 is 30.6 Å². The summed E-state index contributed by atoms with van der Waals surface area (Å²) in [4.78, 5) is 58.3. The van der Waals surface area contributed by atoms with Crippen molar-refractivity contribution < 1.29 is 112 Å². The summed E-state index contributed by atoms with van der Waals surface area (Å²) in [5.41, 5.74) is -8.67. The molecule has 0 aromatic heterocycles. The molecule has 6 aliphatic carbocycles. The zero-order chi connectivity index (χ0) is 32.9. The SMILES string of the molecule is O=C([O-])C1(O)CC1.O=C([O-])C1(O)CC1.O=C([O-])C1(O)CC1.O=C([O-])C1(O)CC1.O=C([O-])C1(O)CC1.O=C([O-])C1(O)CC1.[Sr+2].[Ti+4]. The van der Waals surface area contributed by atoms with Gasteiger partial charge in [0.1, 0.15) is 33.6 Å². The Morgan fingerprint density at radius 3 is 0.386 bits per heavy atom. The van der Waals surface area contributed by atoms with Crippen molar-refractivity contribution in [3.63, 3.8) is 0 Å². The fourth-order valence-electron chi connectivity index (χ4n) is 1.94. The van der Waals surface area contributed by atoms with Gasteiger partial charge in [0.2, 0.25) is 0 Å². The van der Waals surface area contributed by atoms with Crippen LogP contribution in [0.1, 0.15) is 77.0 Å². The van der Waals surface area contributed by atoms with Crippen molar-refractivity contribution in [3.8, 4) is 0 Å². The summed E-state index contributed by atoms with van der Waals surface area (Å²) in [5.74, 6) is -8.04. The Hall–Kier alpha value is -1.23. The van der Waals surface area contributed by atoms with E-state index in [4.69, 9.17) is 30.6 Å². The Bertz CT molecular complexity index is 852. The Kier molecular flexibility index (Phi) is 16.9. The Labute approximate surface area is 301 Å². The first kappa shape index (κ1) is 44.9. The van der Waals surface area contributed by atoms with E-state index in [1.807, 2.05) is 0 Å². The predicted molar refractivity (Wildman–Crippen MR) is 121 cm³/mol. The van der Waals surface area contributed by atoms with Crippen molar-refractivity contribution >= 4 is 81.3 Å². The molecular weight excluding hydrogens is 712 g/mol. The molecule has 18 nitrogen and oxygen atoms in total. The average Bonchev–Trinajstić information content (AvgIpc) is 3.70. The first-order valence-electron chi connectivity index (χ1n) is 12.5. The number of carbonyl (C=O) groups is 6. The van der Waals surface area contributed by atoms with E-state index in [-0.39, 0.29) is 67.2 Å². The van der Waals surface area contributed by atoms with Gasteiger partial charge < -0.3 is 90.0 Å². The second-order valence-electron chi connectivity index (χ2n) is 10.9. The molecule has 20 heteroatoms. The van der Waals surface area contributed by atoms with Crippen LogP contribution in [0.3, 0.4) is 0 Å². The van der Waals surface area contributed by atoms with E-state index >= 15 is 0 Å². The Morgan fingerprint density at radius 2 is 0.386 bits per heavy atom. The van der Waals surface area contributed by atoms with Gasteiger partial charge in [-0.25, -0.2) is 0 Å². The average molecular weight is 742 g/mol. The zero-order valence-corrected chi connectivity index (χ0v) is 28.3. The molecule has 0 spiro atoms. The molecule has 6 N–H and O–H groups in total. The van der Waals surface area contributed by atoms with E-state index in [0.29, 0.717) is 77.0 Å². The monoisotopic (exact) mass is 742 g/mol. The van der Waals surface area contributed by atoms with Gasteiger partial charge in [-0.3, -0.25) is 0 Å². The maximum Gasteiger partial charge on any atom is 4.00 e. The third kappa shape index (κ3) is 15.4. The molecule has 0 saturated heterocycles. The molecule has 0 heterocycles.